The number of benzene rings is 2. The number of anilines is 1. The van der Waals surface area contributed by atoms with Gasteiger partial charge in [-0.15, -0.1) is 0 Å². The highest BCUT2D eigenvalue weighted by Gasteiger charge is 2.37. The Bertz CT molecular complexity index is 1400. The van der Waals surface area contributed by atoms with E-state index < -0.39 is 17.8 Å². The molecule has 0 unspecified atom stereocenters. The average Bonchev–Trinajstić information content (AvgIpc) is 3.44. The van der Waals surface area contributed by atoms with E-state index in [1.54, 1.807) is 36.4 Å². The van der Waals surface area contributed by atoms with Crippen molar-refractivity contribution in [3.8, 4) is 5.75 Å². The molecule has 9 nitrogen and oxygen atoms in total. The molecule has 0 bridgehead atoms. The number of imide groups is 2. The molecule has 2 N–H and O–H groups in total. The molecule has 0 radical (unpaired) electrons. The Hall–Kier alpha value is -4.31. The smallest absolute Gasteiger partial charge is 0.335 e. The summed E-state index contributed by atoms with van der Waals surface area (Å²) in [6.07, 6.45) is 1.31. The number of furan rings is 1. The number of ether oxygens (including phenoxy) is 1. The number of aromatic nitrogens is 2. The van der Waals surface area contributed by atoms with Gasteiger partial charge in [0.25, 0.3) is 11.8 Å². The first kappa shape index (κ1) is 21.5. The summed E-state index contributed by atoms with van der Waals surface area (Å²) in [5.74, 6) is -0.646. The van der Waals surface area contributed by atoms with E-state index >= 15 is 0 Å². The van der Waals surface area contributed by atoms with Crippen molar-refractivity contribution >= 4 is 52.4 Å². The van der Waals surface area contributed by atoms with E-state index in [0.29, 0.717) is 28.3 Å². The molecule has 0 saturated carbocycles. The highest BCUT2D eigenvalue weighted by molar-refractivity contribution is 7.99. The van der Waals surface area contributed by atoms with Crippen LogP contribution in [-0.4, -0.2) is 34.4 Å². The van der Waals surface area contributed by atoms with E-state index in [9.17, 15) is 14.4 Å². The number of rotatable bonds is 6. The molecule has 3 heterocycles. The van der Waals surface area contributed by atoms with Gasteiger partial charge in [-0.2, -0.15) is 0 Å². The van der Waals surface area contributed by atoms with Gasteiger partial charge in [0.05, 0.1) is 23.3 Å². The fourth-order valence-corrected chi connectivity index (χ4v) is 4.20. The van der Waals surface area contributed by atoms with Crippen LogP contribution < -0.4 is 15.0 Å². The first-order chi connectivity index (χ1) is 16.5. The van der Waals surface area contributed by atoms with Crippen molar-refractivity contribution in [3.05, 3.63) is 72.0 Å². The van der Waals surface area contributed by atoms with Crippen LogP contribution in [0.3, 0.4) is 0 Å². The lowest BCUT2D eigenvalue weighted by Crippen LogP contribution is -2.54. The van der Waals surface area contributed by atoms with Crippen LogP contribution in [-0.2, 0) is 9.59 Å². The van der Waals surface area contributed by atoms with E-state index in [4.69, 9.17) is 9.15 Å². The van der Waals surface area contributed by atoms with Gasteiger partial charge in [0, 0.05) is 0 Å². The van der Waals surface area contributed by atoms with Crippen LogP contribution in [0.5, 0.6) is 5.75 Å². The molecule has 4 aromatic rings. The predicted octanol–water partition coefficient (Wildman–Crippen LogP) is 4.37. The number of carbonyl (C=O) groups is 3. The van der Waals surface area contributed by atoms with Crippen molar-refractivity contribution in [3.63, 3.8) is 0 Å². The summed E-state index contributed by atoms with van der Waals surface area (Å²) < 4.78 is 11.2. The molecule has 170 valence electrons. The second-order valence-electron chi connectivity index (χ2n) is 7.20. The van der Waals surface area contributed by atoms with Crippen LogP contribution in [0.1, 0.15) is 12.7 Å². The van der Waals surface area contributed by atoms with Crippen LogP contribution in [0.25, 0.3) is 17.1 Å². The van der Waals surface area contributed by atoms with Crippen LogP contribution in [0.4, 0.5) is 10.5 Å². The van der Waals surface area contributed by atoms with Crippen molar-refractivity contribution in [2.45, 2.75) is 17.2 Å². The molecule has 0 aliphatic carbocycles. The monoisotopic (exact) mass is 474 g/mol. The van der Waals surface area contributed by atoms with Crippen molar-refractivity contribution in [2.24, 2.45) is 0 Å². The number of nitrogens with one attached hydrogen (secondary N) is 2. The Kier molecular flexibility index (Phi) is 5.64. The highest BCUT2D eigenvalue weighted by atomic mass is 32.2. The number of hydrogen-bond donors (Lipinski definition) is 2. The molecule has 2 aromatic carbocycles. The maximum atomic E-state index is 13.0. The summed E-state index contributed by atoms with van der Waals surface area (Å²) in [5.41, 5.74) is 1.83. The molecule has 1 aliphatic heterocycles. The van der Waals surface area contributed by atoms with Gasteiger partial charge in [-0.05, 0) is 73.3 Å². The minimum absolute atomic E-state index is 0.219. The second-order valence-corrected chi connectivity index (χ2v) is 8.20. The van der Waals surface area contributed by atoms with Crippen molar-refractivity contribution in [2.75, 3.05) is 11.5 Å². The SMILES string of the molecule is CCOc1ccc(N2C(=O)NC(=O)/C(=C\c3ccc(Sc4nc5ccccc5[nH]4)o3)C2=O)cc1. The Morgan fingerprint density at radius 1 is 1.06 bits per heavy atom. The molecule has 0 atom stereocenters. The zero-order chi connectivity index (χ0) is 23.7. The minimum Gasteiger partial charge on any atom is -0.494 e. The Labute approximate surface area is 197 Å². The molecule has 5 rings (SSSR count). The first-order valence-corrected chi connectivity index (χ1v) is 11.2. The maximum absolute atomic E-state index is 13.0. The van der Waals surface area contributed by atoms with Crippen molar-refractivity contribution in [1.82, 2.24) is 15.3 Å². The maximum Gasteiger partial charge on any atom is 0.335 e. The molecule has 4 amide bonds. The summed E-state index contributed by atoms with van der Waals surface area (Å²) in [7, 11) is 0. The van der Waals surface area contributed by atoms with E-state index in [0.717, 1.165) is 15.9 Å². The first-order valence-electron chi connectivity index (χ1n) is 10.4. The van der Waals surface area contributed by atoms with E-state index in [1.165, 1.54) is 17.8 Å². The van der Waals surface area contributed by atoms with Gasteiger partial charge in [0.15, 0.2) is 10.2 Å². The lowest BCUT2D eigenvalue weighted by Gasteiger charge is -2.26. The number of hydrogen-bond acceptors (Lipinski definition) is 7. The Morgan fingerprint density at radius 2 is 1.85 bits per heavy atom. The highest BCUT2D eigenvalue weighted by Crippen LogP contribution is 2.30. The molecule has 1 saturated heterocycles. The zero-order valence-electron chi connectivity index (χ0n) is 17.9. The number of aromatic amines is 1. The van der Waals surface area contributed by atoms with Crippen molar-refractivity contribution < 1.29 is 23.5 Å². The van der Waals surface area contributed by atoms with E-state index in [1.807, 2.05) is 31.2 Å². The number of nitrogens with zero attached hydrogens (tertiary/aromatic N) is 2. The summed E-state index contributed by atoms with van der Waals surface area (Å²) in [4.78, 5) is 46.4. The zero-order valence-corrected chi connectivity index (χ0v) is 18.7. The third-order valence-corrected chi connectivity index (χ3v) is 5.77. The van der Waals surface area contributed by atoms with Gasteiger partial charge < -0.3 is 14.1 Å². The average molecular weight is 474 g/mol. The van der Waals surface area contributed by atoms with Gasteiger partial charge in [0.1, 0.15) is 17.1 Å². The molecule has 1 fully saturated rings. The number of urea groups is 1. The van der Waals surface area contributed by atoms with Crippen LogP contribution >= 0.6 is 11.8 Å². The number of para-hydroxylation sites is 2. The standard InChI is InChI=1S/C24H18N4O5S/c1-2-32-15-9-7-14(8-10-15)28-22(30)17(21(29)27-24(28)31)13-16-11-12-20(33-16)34-23-25-18-5-3-4-6-19(18)26-23/h3-13H,2H2,1H3,(H,25,26)(H,27,29,31)/b17-13+. The lowest BCUT2D eigenvalue weighted by molar-refractivity contribution is -0.122. The molecule has 1 aliphatic rings. The molecule has 10 heteroatoms. The van der Waals surface area contributed by atoms with E-state index in [2.05, 4.69) is 15.3 Å². The predicted molar refractivity (Wildman–Crippen MR) is 126 cm³/mol. The second kappa shape index (κ2) is 8.91. The number of amides is 4. The van der Waals surface area contributed by atoms with E-state index in [-0.39, 0.29) is 11.3 Å². The summed E-state index contributed by atoms with van der Waals surface area (Å²) in [6.45, 7) is 2.34. The Balaban J connectivity index is 1.37. The van der Waals surface area contributed by atoms with Crippen LogP contribution in [0.15, 0.2) is 80.9 Å². The number of H-pyrrole nitrogens is 1. The van der Waals surface area contributed by atoms with Crippen LogP contribution in [0, 0.1) is 0 Å². The molecular weight excluding hydrogens is 456 g/mol. The summed E-state index contributed by atoms with van der Waals surface area (Å²) in [5, 5.41) is 3.36. The van der Waals surface area contributed by atoms with Gasteiger partial charge in [-0.1, -0.05) is 12.1 Å². The largest absolute Gasteiger partial charge is 0.494 e. The van der Waals surface area contributed by atoms with Gasteiger partial charge in [0.2, 0.25) is 0 Å². The molecule has 34 heavy (non-hydrogen) atoms. The minimum atomic E-state index is -0.822. The summed E-state index contributed by atoms with van der Waals surface area (Å²) in [6, 6.07) is 16.6. The number of carbonyl (C=O) groups excluding carboxylic acids is 3. The lowest BCUT2D eigenvalue weighted by atomic mass is 10.1. The van der Waals surface area contributed by atoms with Crippen LogP contribution in [0.2, 0.25) is 0 Å². The quantitative estimate of drug-likeness (QED) is 0.315. The third kappa shape index (κ3) is 4.18. The van der Waals surface area contributed by atoms with Gasteiger partial charge in [-0.25, -0.2) is 14.7 Å². The number of imidazole rings is 1. The van der Waals surface area contributed by atoms with Gasteiger partial charge >= 0.3 is 6.03 Å². The normalized spacial score (nSPS) is 15.3. The number of fused-ring (bicyclic) bond motifs is 1. The molecular formula is C24H18N4O5S. The third-order valence-electron chi connectivity index (χ3n) is 4.96. The topological polar surface area (TPSA) is 118 Å². The van der Waals surface area contributed by atoms with Gasteiger partial charge in [-0.3, -0.25) is 14.9 Å². The van der Waals surface area contributed by atoms with Crippen molar-refractivity contribution in [1.29, 1.82) is 0 Å². The molecule has 0 spiro atoms. The Morgan fingerprint density at radius 3 is 2.62 bits per heavy atom. The number of barbiturate groups is 1. The summed E-state index contributed by atoms with van der Waals surface area (Å²) >= 11 is 1.28. The fourth-order valence-electron chi connectivity index (χ4n) is 3.43. The fraction of sp³-hybridized carbons (Fsp3) is 0.0833. The molecule has 2 aromatic heterocycles.